The number of hydrogen-bond acceptors (Lipinski definition) is 6. The van der Waals surface area contributed by atoms with Crippen LogP contribution in [0.5, 0.6) is 0 Å². The zero-order chi connectivity index (χ0) is 17.8. The summed E-state index contributed by atoms with van der Waals surface area (Å²) in [6.07, 6.45) is 0. The summed E-state index contributed by atoms with van der Waals surface area (Å²) in [5.41, 5.74) is 7.38. The first-order valence-electron chi connectivity index (χ1n) is 7.88. The summed E-state index contributed by atoms with van der Waals surface area (Å²) in [6, 6.07) is 7.46. The standard InChI is InChI=1S/C17H17ClN2O2S3/c1-10-13-8-11(18)2-3-14(13)24-17(10)25(21,22)15-9-20(6-5-19)16-12(15)4-7-23-16/h2-4,7-8,15H,5-6,9,19H2,1H3. The van der Waals surface area contributed by atoms with Gasteiger partial charge in [-0.25, -0.2) is 8.42 Å². The fraction of sp³-hybridized carbons (Fsp3) is 0.294. The third-order valence-corrected chi connectivity index (χ3v) is 9.79. The number of nitrogens with zero attached hydrogens (tertiary/aromatic N) is 1. The van der Waals surface area contributed by atoms with Crippen LogP contribution in [-0.4, -0.2) is 28.1 Å². The van der Waals surface area contributed by atoms with Gasteiger partial charge in [-0.1, -0.05) is 11.6 Å². The summed E-state index contributed by atoms with van der Waals surface area (Å²) in [5, 5.41) is 3.97. The van der Waals surface area contributed by atoms with Gasteiger partial charge in [-0.3, -0.25) is 0 Å². The highest BCUT2D eigenvalue weighted by Gasteiger charge is 2.40. The van der Waals surface area contributed by atoms with Gasteiger partial charge in [-0.05, 0) is 47.5 Å². The average molecular weight is 413 g/mol. The molecule has 2 aromatic heterocycles. The normalized spacial score (nSPS) is 17.4. The first-order valence-corrected chi connectivity index (χ1v) is 11.5. The topological polar surface area (TPSA) is 63.4 Å². The van der Waals surface area contributed by atoms with E-state index in [4.69, 9.17) is 17.3 Å². The van der Waals surface area contributed by atoms with E-state index in [0.717, 1.165) is 26.2 Å². The van der Waals surface area contributed by atoms with E-state index in [-0.39, 0.29) is 0 Å². The third kappa shape index (κ3) is 2.69. The molecule has 1 atom stereocenters. The second-order valence-corrected chi connectivity index (χ2v) is 10.8. The van der Waals surface area contributed by atoms with Crippen molar-refractivity contribution < 1.29 is 8.42 Å². The molecule has 0 saturated carbocycles. The average Bonchev–Trinajstić information content (AvgIpc) is 3.24. The molecule has 4 nitrogen and oxygen atoms in total. The van der Waals surface area contributed by atoms with Gasteiger partial charge in [0.1, 0.15) is 9.46 Å². The molecule has 0 fully saturated rings. The third-order valence-electron chi connectivity index (χ3n) is 4.58. The van der Waals surface area contributed by atoms with E-state index in [1.54, 1.807) is 17.4 Å². The van der Waals surface area contributed by atoms with E-state index in [9.17, 15) is 8.42 Å². The highest BCUT2D eigenvalue weighted by atomic mass is 35.5. The number of anilines is 1. The Labute approximate surface area is 159 Å². The fourth-order valence-electron chi connectivity index (χ4n) is 3.38. The van der Waals surface area contributed by atoms with Crippen molar-refractivity contribution in [2.45, 2.75) is 16.4 Å². The lowest BCUT2D eigenvalue weighted by molar-refractivity contribution is 0.585. The Bertz CT molecular complexity index is 1060. The van der Waals surface area contributed by atoms with Crippen LogP contribution in [0.15, 0.2) is 33.9 Å². The molecule has 25 heavy (non-hydrogen) atoms. The molecule has 0 spiro atoms. The van der Waals surface area contributed by atoms with Crippen molar-refractivity contribution in [2.24, 2.45) is 5.73 Å². The van der Waals surface area contributed by atoms with Gasteiger partial charge < -0.3 is 10.6 Å². The van der Waals surface area contributed by atoms with Gasteiger partial charge in [-0.15, -0.1) is 22.7 Å². The van der Waals surface area contributed by atoms with Crippen LogP contribution in [0.4, 0.5) is 5.00 Å². The number of benzene rings is 1. The predicted molar refractivity (Wildman–Crippen MR) is 107 cm³/mol. The maximum atomic E-state index is 13.4. The van der Waals surface area contributed by atoms with Crippen molar-refractivity contribution >= 4 is 59.2 Å². The molecule has 0 saturated heterocycles. The number of hydrogen-bond donors (Lipinski definition) is 1. The minimum atomic E-state index is -3.48. The smallest absolute Gasteiger partial charge is 0.196 e. The van der Waals surface area contributed by atoms with E-state index in [1.165, 1.54) is 11.3 Å². The molecule has 0 amide bonds. The monoisotopic (exact) mass is 412 g/mol. The number of sulfone groups is 1. The van der Waals surface area contributed by atoms with Crippen LogP contribution in [0, 0.1) is 6.92 Å². The lowest BCUT2D eigenvalue weighted by Crippen LogP contribution is -2.29. The van der Waals surface area contributed by atoms with Crippen molar-refractivity contribution in [1.82, 2.24) is 0 Å². The van der Waals surface area contributed by atoms with Crippen LogP contribution in [0.3, 0.4) is 0 Å². The molecular formula is C17H17ClN2O2S3. The van der Waals surface area contributed by atoms with Gasteiger partial charge in [-0.2, -0.15) is 0 Å². The Balaban J connectivity index is 1.82. The predicted octanol–water partition coefficient (Wildman–Crippen LogP) is 4.22. The van der Waals surface area contributed by atoms with Crippen molar-refractivity contribution in [3.05, 3.63) is 45.8 Å². The lowest BCUT2D eigenvalue weighted by atomic mass is 10.2. The molecule has 8 heteroatoms. The minimum absolute atomic E-state index is 0.446. The summed E-state index contributed by atoms with van der Waals surface area (Å²) >= 11 is 9.00. The van der Waals surface area contributed by atoms with Gasteiger partial charge in [0.15, 0.2) is 9.84 Å². The number of nitrogens with two attached hydrogens (primary N) is 1. The molecule has 0 bridgehead atoms. The van der Waals surface area contributed by atoms with Gasteiger partial charge >= 0.3 is 0 Å². The number of fused-ring (bicyclic) bond motifs is 2. The van der Waals surface area contributed by atoms with Crippen LogP contribution in [0.1, 0.15) is 16.4 Å². The second kappa shape index (κ2) is 6.25. The van der Waals surface area contributed by atoms with Crippen LogP contribution < -0.4 is 10.6 Å². The molecule has 1 unspecified atom stereocenters. The van der Waals surface area contributed by atoms with E-state index in [1.807, 2.05) is 30.5 Å². The Kier molecular flexibility index (Phi) is 4.32. The Morgan fingerprint density at radius 1 is 1.36 bits per heavy atom. The number of rotatable bonds is 4. The molecule has 132 valence electrons. The Morgan fingerprint density at radius 2 is 2.16 bits per heavy atom. The molecule has 0 aliphatic carbocycles. The summed E-state index contributed by atoms with van der Waals surface area (Å²) in [6.45, 7) is 3.50. The van der Waals surface area contributed by atoms with Crippen molar-refractivity contribution in [2.75, 3.05) is 24.5 Å². The first-order chi connectivity index (χ1) is 11.9. The largest absolute Gasteiger partial charge is 0.360 e. The molecule has 2 N–H and O–H groups in total. The van der Waals surface area contributed by atoms with Crippen LogP contribution in [0.25, 0.3) is 10.1 Å². The fourth-order valence-corrected chi connectivity index (χ4v) is 8.33. The molecule has 1 aliphatic rings. The Hall–Kier alpha value is -1.12. The van der Waals surface area contributed by atoms with E-state index in [2.05, 4.69) is 4.90 Å². The highest BCUT2D eigenvalue weighted by Crippen LogP contribution is 2.47. The van der Waals surface area contributed by atoms with Crippen molar-refractivity contribution in [3.63, 3.8) is 0 Å². The van der Waals surface area contributed by atoms with Crippen LogP contribution in [-0.2, 0) is 9.84 Å². The van der Waals surface area contributed by atoms with Gasteiger partial charge in [0.25, 0.3) is 0 Å². The molecule has 0 radical (unpaired) electrons. The highest BCUT2D eigenvalue weighted by molar-refractivity contribution is 7.94. The number of aryl methyl sites for hydroxylation is 1. The SMILES string of the molecule is Cc1c(S(=O)(=O)C2CN(CCN)c3sccc32)sc2ccc(Cl)cc12. The molecule has 3 aromatic rings. The summed E-state index contributed by atoms with van der Waals surface area (Å²) in [7, 11) is -3.48. The quantitative estimate of drug-likeness (QED) is 0.696. The van der Waals surface area contributed by atoms with Crippen LogP contribution in [0.2, 0.25) is 5.02 Å². The van der Waals surface area contributed by atoms with E-state index in [0.29, 0.717) is 28.9 Å². The van der Waals surface area contributed by atoms with Gasteiger partial charge in [0, 0.05) is 34.9 Å². The maximum Gasteiger partial charge on any atom is 0.196 e. The molecule has 1 aliphatic heterocycles. The zero-order valence-corrected chi connectivity index (χ0v) is 16.7. The second-order valence-electron chi connectivity index (χ2n) is 6.10. The molecule has 3 heterocycles. The van der Waals surface area contributed by atoms with Crippen molar-refractivity contribution in [3.8, 4) is 0 Å². The summed E-state index contributed by atoms with van der Waals surface area (Å²) in [4.78, 5) is 2.09. The molecule has 4 rings (SSSR count). The zero-order valence-electron chi connectivity index (χ0n) is 13.5. The minimum Gasteiger partial charge on any atom is -0.360 e. The van der Waals surface area contributed by atoms with E-state index >= 15 is 0 Å². The van der Waals surface area contributed by atoms with Crippen LogP contribution >= 0.6 is 34.3 Å². The van der Waals surface area contributed by atoms with E-state index < -0.39 is 15.1 Å². The number of thiophene rings is 2. The lowest BCUT2D eigenvalue weighted by Gasteiger charge is -2.18. The van der Waals surface area contributed by atoms with Gasteiger partial charge in [0.05, 0.1) is 5.00 Å². The summed E-state index contributed by atoms with van der Waals surface area (Å²) in [5.74, 6) is 0. The molecular weight excluding hydrogens is 396 g/mol. The summed E-state index contributed by atoms with van der Waals surface area (Å²) < 4.78 is 28.3. The Morgan fingerprint density at radius 3 is 2.92 bits per heavy atom. The van der Waals surface area contributed by atoms with Gasteiger partial charge in [0.2, 0.25) is 0 Å². The van der Waals surface area contributed by atoms with Crippen molar-refractivity contribution in [1.29, 1.82) is 0 Å². The maximum absolute atomic E-state index is 13.4. The number of halogens is 1. The first kappa shape index (κ1) is 17.3. The molecule has 1 aromatic carbocycles.